The number of carbonyl (C=O) groups excluding carboxylic acids is 3. The molecule has 0 aliphatic carbocycles. The second-order valence-corrected chi connectivity index (χ2v) is 4.42. The average Bonchev–Trinajstić information content (AvgIpc) is 2.12. The molecule has 0 unspecified atom stereocenters. The van der Waals surface area contributed by atoms with E-state index in [-0.39, 0.29) is 33.9 Å². The number of rotatable bonds is 2. The van der Waals surface area contributed by atoms with Crippen LogP contribution in [0.1, 0.15) is 13.8 Å². The van der Waals surface area contributed by atoms with Gasteiger partial charge in [-0.1, -0.05) is 0 Å². The Morgan fingerprint density at radius 1 is 1.42 bits per heavy atom. The summed E-state index contributed by atoms with van der Waals surface area (Å²) in [6.07, 6.45) is -1.45. The number of nitrogens with two attached hydrogens (primary N) is 1. The molecule has 10 nitrogen and oxygen atoms in total. The number of carboxylic acids is 1. The monoisotopic (exact) mass is 306 g/mol. The van der Waals surface area contributed by atoms with E-state index in [1.165, 1.54) is 0 Å². The molecule has 2 atom stereocenters. The fourth-order valence-electron chi connectivity index (χ4n) is 0.994. The molecule has 0 aromatic heterocycles. The molecule has 1 saturated heterocycles. The van der Waals surface area contributed by atoms with Crippen molar-refractivity contribution in [2.75, 3.05) is 0 Å². The Labute approximate surface area is 131 Å². The van der Waals surface area contributed by atoms with Gasteiger partial charge in [-0.3, -0.25) is 14.1 Å². The van der Waals surface area contributed by atoms with Crippen molar-refractivity contribution in [2.24, 2.45) is 5.73 Å². The molecule has 0 saturated carbocycles. The van der Waals surface area contributed by atoms with Gasteiger partial charge in [0.1, 0.15) is 6.04 Å². The van der Waals surface area contributed by atoms with Crippen molar-refractivity contribution in [3.05, 3.63) is 0 Å². The van der Waals surface area contributed by atoms with Gasteiger partial charge in [0.15, 0.2) is 0 Å². The van der Waals surface area contributed by atoms with E-state index in [0.29, 0.717) is 0 Å². The van der Waals surface area contributed by atoms with Gasteiger partial charge in [-0.25, -0.2) is 0 Å². The summed E-state index contributed by atoms with van der Waals surface area (Å²) < 4.78 is 34.1. The van der Waals surface area contributed by atoms with Crippen LogP contribution in [-0.2, 0) is 29.4 Å². The van der Waals surface area contributed by atoms with Gasteiger partial charge in [0, 0.05) is 12.9 Å². The summed E-state index contributed by atoms with van der Waals surface area (Å²) in [5.74, 6) is -2.90. The van der Waals surface area contributed by atoms with Crippen LogP contribution in [-0.4, -0.2) is 47.4 Å². The molecule has 1 amide bonds. The second-order valence-electron chi connectivity index (χ2n) is 3.13. The molecule has 0 spiro atoms. The van der Waals surface area contributed by atoms with Gasteiger partial charge < -0.3 is 20.4 Å². The first kappa shape index (κ1) is 20.6. The molecule has 1 heterocycles. The van der Waals surface area contributed by atoms with E-state index in [0.717, 1.165) is 13.8 Å². The zero-order valence-corrected chi connectivity index (χ0v) is 13.2. The Hall–Kier alpha value is -0.720. The van der Waals surface area contributed by atoms with Crippen LogP contribution >= 0.6 is 0 Å². The summed E-state index contributed by atoms with van der Waals surface area (Å²) in [6, 6.07) is -1.25. The van der Waals surface area contributed by atoms with Crippen LogP contribution in [0.15, 0.2) is 0 Å². The number of hydrogen-bond acceptors (Lipinski definition) is 8. The molecule has 0 bridgehead atoms. The standard InChI is InChI=1S/C5H8N2O6S.C2H4O2.Na/c1-2(8)13-5-3(6)4(9)7(5)14(10,11)12;1-2(3)4;/h3,5H,6H2,1H3,(H,10,11,12);1H3,(H,3,4);/q;;+1/p-1/t3-,5+;;/m1../s1. The van der Waals surface area contributed by atoms with Crippen LogP contribution in [0.3, 0.4) is 0 Å². The number of esters is 1. The molecule has 12 heteroatoms. The van der Waals surface area contributed by atoms with Crippen LogP contribution < -0.4 is 40.4 Å². The Morgan fingerprint density at radius 2 is 1.79 bits per heavy atom. The third-order valence-corrected chi connectivity index (χ3v) is 2.46. The second kappa shape index (κ2) is 7.77. The molecule has 19 heavy (non-hydrogen) atoms. The summed E-state index contributed by atoms with van der Waals surface area (Å²) in [7, 11) is -4.72. The van der Waals surface area contributed by atoms with Gasteiger partial charge in [0.2, 0.25) is 6.23 Å². The van der Waals surface area contributed by atoms with Crippen molar-refractivity contribution in [1.82, 2.24) is 4.31 Å². The first-order valence-electron chi connectivity index (χ1n) is 4.39. The van der Waals surface area contributed by atoms with Crippen molar-refractivity contribution < 1.29 is 66.8 Å². The largest absolute Gasteiger partial charge is 1.00 e. The first-order valence-corrected chi connectivity index (χ1v) is 5.79. The average molecular weight is 306 g/mol. The number of aliphatic carboxylic acids is 1. The molecule has 0 aromatic rings. The maximum atomic E-state index is 10.9. The smallest absolute Gasteiger partial charge is 0.550 e. The molecular weight excluding hydrogens is 295 g/mol. The normalized spacial score (nSPS) is 21.3. The zero-order chi connectivity index (χ0) is 14.7. The predicted octanol–water partition coefficient (Wildman–Crippen LogP) is -6.39. The number of carbonyl (C=O) groups is 3. The molecular formula is C7H11N2NaO8S. The van der Waals surface area contributed by atoms with Crippen molar-refractivity contribution in [1.29, 1.82) is 0 Å². The predicted molar refractivity (Wildman–Crippen MR) is 52.6 cm³/mol. The number of nitrogens with zero attached hydrogens (tertiary/aromatic N) is 1. The Balaban J connectivity index is 0. The van der Waals surface area contributed by atoms with Gasteiger partial charge in [-0.2, -0.15) is 12.7 Å². The van der Waals surface area contributed by atoms with Crippen molar-refractivity contribution in [3.63, 3.8) is 0 Å². The summed E-state index contributed by atoms with van der Waals surface area (Å²) in [4.78, 5) is 30.2. The van der Waals surface area contributed by atoms with E-state index in [9.17, 15) is 18.0 Å². The number of hydrogen-bond donors (Lipinski definition) is 2. The summed E-state index contributed by atoms with van der Waals surface area (Å²) >= 11 is 0. The van der Waals surface area contributed by atoms with Crippen LogP contribution in [0.4, 0.5) is 0 Å². The number of carboxylic acid groups (broad SMARTS) is 1. The van der Waals surface area contributed by atoms with Gasteiger partial charge in [-0.15, -0.1) is 0 Å². The minimum absolute atomic E-state index is 0. The minimum atomic E-state index is -4.72. The molecule has 1 rings (SSSR count). The third-order valence-electron chi connectivity index (χ3n) is 1.58. The molecule has 0 radical (unpaired) electrons. The van der Waals surface area contributed by atoms with E-state index in [1.807, 2.05) is 0 Å². The molecule has 1 aliphatic heterocycles. The number of ether oxygens (including phenoxy) is 1. The summed E-state index contributed by atoms with van der Waals surface area (Å²) in [6.45, 7) is 2.00. The summed E-state index contributed by atoms with van der Waals surface area (Å²) in [5, 5.41) is 8.89. The quantitative estimate of drug-likeness (QED) is 0.218. The minimum Gasteiger partial charge on any atom is -0.550 e. The van der Waals surface area contributed by atoms with Crippen LogP contribution in [0.5, 0.6) is 0 Å². The van der Waals surface area contributed by atoms with E-state index >= 15 is 0 Å². The number of β-lactam (4-membered cyclic amide) rings is 1. The van der Waals surface area contributed by atoms with Crippen molar-refractivity contribution in [2.45, 2.75) is 26.1 Å². The van der Waals surface area contributed by atoms with Gasteiger partial charge in [0.25, 0.3) is 5.91 Å². The first-order chi connectivity index (χ1) is 7.98. The molecule has 1 aliphatic rings. The fraction of sp³-hybridized carbons (Fsp3) is 0.571. The Morgan fingerprint density at radius 3 is 2.05 bits per heavy atom. The molecule has 0 aromatic carbocycles. The molecule has 3 N–H and O–H groups in total. The SMILES string of the molecule is CC(=O)O[C@H]1[C@H](N)C(=O)N1S(=O)(=O)O.CC(=O)[O-].[Na+]. The zero-order valence-electron chi connectivity index (χ0n) is 10.4. The Kier molecular flexibility index (Phi) is 8.42. The number of amides is 1. The van der Waals surface area contributed by atoms with Crippen LogP contribution in [0, 0.1) is 0 Å². The van der Waals surface area contributed by atoms with Gasteiger partial charge in [0.05, 0.1) is 0 Å². The third kappa shape index (κ3) is 6.31. The van der Waals surface area contributed by atoms with E-state index in [4.69, 9.17) is 20.2 Å². The van der Waals surface area contributed by atoms with Crippen molar-refractivity contribution in [3.8, 4) is 0 Å². The van der Waals surface area contributed by atoms with Gasteiger partial charge in [-0.05, 0) is 6.92 Å². The summed E-state index contributed by atoms with van der Waals surface area (Å²) in [5.41, 5.74) is 5.16. The fourth-order valence-corrected chi connectivity index (χ4v) is 1.78. The topological polar surface area (TPSA) is 167 Å². The van der Waals surface area contributed by atoms with Crippen LogP contribution in [0.25, 0.3) is 0 Å². The van der Waals surface area contributed by atoms with E-state index in [1.54, 1.807) is 0 Å². The van der Waals surface area contributed by atoms with Gasteiger partial charge >= 0.3 is 45.8 Å². The Bertz CT molecular complexity index is 460. The maximum Gasteiger partial charge on any atom is 1.00 e. The van der Waals surface area contributed by atoms with Crippen molar-refractivity contribution >= 4 is 28.1 Å². The maximum absolute atomic E-state index is 10.9. The van der Waals surface area contributed by atoms with Crippen LogP contribution in [0.2, 0.25) is 0 Å². The molecule has 104 valence electrons. The molecule has 1 fully saturated rings. The van der Waals surface area contributed by atoms with E-state index < -0.39 is 40.4 Å². The van der Waals surface area contributed by atoms with E-state index in [2.05, 4.69) is 4.74 Å².